The first kappa shape index (κ1) is 22.2. The zero-order valence-corrected chi connectivity index (χ0v) is 19.1. The number of para-hydroxylation sites is 2. The standard InChI is InChI=1S/C27H23FN2O3S/c28-19-12-10-18(11-13-19)16-30-17-21(20-6-1-3-8-23(20)30)25(31)29-22-7-2-4-9-24(22)34-27(26(32)33)14-5-15-27/h1-4,6-13,17H,5,14-16H2,(H,29,31)(H,32,33). The minimum Gasteiger partial charge on any atom is -0.480 e. The third-order valence-corrected chi connectivity index (χ3v) is 7.84. The number of benzene rings is 3. The molecule has 0 aliphatic heterocycles. The van der Waals surface area contributed by atoms with Gasteiger partial charge >= 0.3 is 5.97 Å². The fraction of sp³-hybridized carbons (Fsp3) is 0.185. The number of carboxylic acid groups (broad SMARTS) is 1. The maximum atomic E-state index is 13.4. The summed E-state index contributed by atoms with van der Waals surface area (Å²) in [4.78, 5) is 26.0. The van der Waals surface area contributed by atoms with Gasteiger partial charge in [0.1, 0.15) is 10.6 Å². The highest BCUT2D eigenvalue weighted by Crippen LogP contribution is 2.49. The summed E-state index contributed by atoms with van der Waals surface area (Å²) < 4.78 is 14.5. The number of carboxylic acids is 1. The zero-order chi connectivity index (χ0) is 23.7. The average Bonchev–Trinajstić information content (AvgIpc) is 3.17. The summed E-state index contributed by atoms with van der Waals surface area (Å²) in [6.45, 7) is 0.502. The summed E-state index contributed by atoms with van der Waals surface area (Å²) in [6.07, 6.45) is 3.93. The molecule has 1 aromatic heterocycles. The van der Waals surface area contributed by atoms with Crippen LogP contribution in [0.5, 0.6) is 0 Å². The lowest BCUT2D eigenvalue weighted by molar-refractivity contribution is -0.142. The van der Waals surface area contributed by atoms with Crippen molar-refractivity contribution in [3.05, 3.63) is 95.9 Å². The van der Waals surface area contributed by atoms with Gasteiger partial charge in [-0.25, -0.2) is 4.39 Å². The Morgan fingerprint density at radius 2 is 1.71 bits per heavy atom. The number of halogens is 1. The summed E-state index contributed by atoms with van der Waals surface area (Å²) in [5, 5.41) is 13.5. The Labute approximate surface area is 200 Å². The second kappa shape index (κ2) is 8.99. The molecule has 1 fully saturated rings. The number of aliphatic carboxylic acids is 1. The smallest absolute Gasteiger partial charge is 0.320 e. The third-order valence-electron chi connectivity index (χ3n) is 6.29. The second-order valence-corrected chi connectivity index (χ2v) is 9.95. The zero-order valence-electron chi connectivity index (χ0n) is 18.3. The van der Waals surface area contributed by atoms with Crippen LogP contribution in [0.3, 0.4) is 0 Å². The average molecular weight is 475 g/mol. The van der Waals surface area contributed by atoms with Gasteiger partial charge in [0.05, 0.1) is 11.3 Å². The van der Waals surface area contributed by atoms with Crippen molar-refractivity contribution in [2.75, 3.05) is 5.32 Å². The van der Waals surface area contributed by atoms with Crippen molar-refractivity contribution in [3.63, 3.8) is 0 Å². The molecule has 0 spiro atoms. The number of nitrogens with zero attached hydrogens (tertiary/aromatic N) is 1. The maximum Gasteiger partial charge on any atom is 0.320 e. The van der Waals surface area contributed by atoms with Crippen LogP contribution >= 0.6 is 11.8 Å². The molecule has 1 saturated carbocycles. The van der Waals surface area contributed by atoms with Gasteiger partial charge in [0, 0.05) is 28.5 Å². The van der Waals surface area contributed by atoms with Crippen LogP contribution in [0.2, 0.25) is 0 Å². The number of amides is 1. The van der Waals surface area contributed by atoms with Gasteiger partial charge in [0.2, 0.25) is 0 Å². The number of carbonyl (C=O) groups is 2. The highest BCUT2D eigenvalue weighted by molar-refractivity contribution is 8.01. The van der Waals surface area contributed by atoms with E-state index < -0.39 is 10.7 Å². The van der Waals surface area contributed by atoms with Crippen LogP contribution in [0.15, 0.2) is 83.9 Å². The molecule has 1 aliphatic rings. The van der Waals surface area contributed by atoms with Crippen molar-refractivity contribution in [1.82, 2.24) is 4.57 Å². The summed E-state index contributed by atoms with van der Waals surface area (Å²) in [7, 11) is 0. The largest absolute Gasteiger partial charge is 0.480 e. The Bertz CT molecular complexity index is 1380. The highest BCUT2D eigenvalue weighted by Gasteiger charge is 2.45. The lowest BCUT2D eigenvalue weighted by Gasteiger charge is -2.37. The first-order chi connectivity index (χ1) is 16.4. The van der Waals surface area contributed by atoms with E-state index in [1.54, 1.807) is 18.2 Å². The molecule has 0 unspecified atom stereocenters. The number of hydrogen-bond donors (Lipinski definition) is 2. The van der Waals surface area contributed by atoms with Crippen LogP contribution in [-0.2, 0) is 11.3 Å². The van der Waals surface area contributed by atoms with Gasteiger partial charge in [-0.15, -0.1) is 11.8 Å². The van der Waals surface area contributed by atoms with Crippen LogP contribution in [0, 0.1) is 5.82 Å². The SMILES string of the molecule is O=C(Nc1ccccc1SC1(C(=O)O)CCC1)c1cn(Cc2ccc(F)cc2)c2ccccc12. The monoisotopic (exact) mass is 474 g/mol. The molecule has 0 radical (unpaired) electrons. The molecule has 34 heavy (non-hydrogen) atoms. The molecule has 0 atom stereocenters. The van der Waals surface area contributed by atoms with Crippen molar-refractivity contribution >= 4 is 40.2 Å². The predicted molar refractivity (Wildman–Crippen MR) is 132 cm³/mol. The van der Waals surface area contributed by atoms with Gasteiger partial charge in [-0.2, -0.15) is 0 Å². The summed E-state index contributed by atoms with van der Waals surface area (Å²) >= 11 is 1.31. The van der Waals surface area contributed by atoms with E-state index in [0.29, 0.717) is 30.6 Å². The molecule has 1 aliphatic carbocycles. The maximum absolute atomic E-state index is 13.4. The predicted octanol–water partition coefficient (Wildman–Crippen LogP) is 6.18. The Hall–Kier alpha value is -3.58. The lowest BCUT2D eigenvalue weighted by Crippen LogP contribution is -2.41. The molecule has 7 heteroatoms. The van der Waals surface area contributed by atoms with Crippen molar-refractivity contribution < 1.29 is 19.1 Å². The highest BCUT2D eigenvalue weighted by atomic mass is 32.2. The Morgan fingerprint density at radius 1 is 1.00 bits per heavy atom. The molecule has 1 heterocycles. The van der Waals surface area contributed by atoms with E-state index in [1.807, 2.05) is 53.2 Å². The van der Waals surface area contributed by atoms with E-state index in [-0.39, 0.29) is 11.7 Å². The van der Waals surface area contributed by atoms with Crippen LogP contribution in [0.25, 0.3) is 10.9 Å². The van der Waals surface area contributed by atoms with Gasteiger partial charge in [-0.1, -0.05) is 42.5 Å². The third kappa shape index (κ3) is 4.19. The van der Waals surface area contributed by atoms with Gasteiger partial charge in [0.15, 0.2) is 0 Å². The van der Waals surface area contributed by atoms with E-state index in [9.17, 15) is 19.1 Å². The first-order valence-electron chi connectivity index (χ1n) is 11.1. The number of thioether (sulfide) groups is 1. The fourth-order valence-electron chi connectivity index (χ4n) is 4.26. The number of fused-ring (bicyclic) bond motifs is 1. The summed E-state index contributed by atoms with van der Waals surface area (Å²) in [6, 6.07) is 21.3. The Balaban J connectivity index is 1.44. The van der Waals surface area contributed by atoms with Gasteiger partial charge in [0.25, 0.3) is 5.91 Å². The molecule has 5 rings (SSSR count). The van der Waals surface area contributed by atoms with Crippen molar-refractivity contribution in [2.45, 2.75) is 35.4 Å². The molecular weight excluding hydrogens is 451 g/mol. The lowest BCUT2D eigenvalue weighted by atomic mass is 9.84. The molecule has 5 nitrogen and oxygen atoms in total. The van der Waals surface area contributed by atoms with Gasteiger partial charge < -0.3 is 15.0 Å². The van der Waals surface area contributed by atoms with E-state index in [1.165, 1.54) is 23.9 Å². The summed E-state index contributed by atoms with van der Waals surface area (Å²) in [5.74, 6) is -1.36. The molecule has 1 amide bonds. The number of anilines is 1. The van der Waals surface area contributed by atoms with Crippen LogP contribution in [-0.4, -0.2) is 26.3 Å². The second-order valence-electron chi connectivity index (χ2n) is 8.52. The Morgan fingerprint density at radius 3 is 2.41 bits per heavy atom. The van der Waals surface area contributed by atoms with Crippen molar-refractivity contribution in [2.24, 2.45) is 0 Å². The van der Waals surface area contributed by atoms with Crippen LogP contribution < -0.4 is 5.32 Å². The Kier molecular flexibility index (Phi) is 5.87. The van der Waals surface area contributed by atoms with Crippen LogP contribution in [0.1, 0.15) is 35.2 Å². The van der Waals surface area contributed by atoms with E-state index >= 15 is 0 Å². The number of carbonyl (C=O) groups excluding carboxylic acids is 1. The molecular formula is C27H23FN2O3S. The van der Waals surface area contributed by atoms with Crippen molar-refractivity contribution in [3.8, 4) is 0 Å². The van der Waals surface area contributed by atoms with Crippen LogP contribution in [0.4, 0.5) is 10.1 Å². The minimum absolute atomic E-state index is 0.264. The van der Waals surface area contributed by atoms with E-state index in [4.69, 9.17) is 0 Å². The molecule has 3 aromatic carbocycles. The van der Waals surface area contributed by atoms with Gasteiger partial charge in [-0.05, 0) is 55.2 Å². The normalized spacial score (nSPS) is 14.5. The molecule has 0 saturated heterocycles. The molecule has 0 bridgehead atoms. The number of rotatable bonds is 7. The summed E-state index contributed by atoms with van der Waals surface area (Å²) in [5.41, 5.74) is 2.95. The first-order valence-corrected chi connectivity index (χ1v) is 11.9. The fourth-order valence-corrected chi connectivity index (χ4v) is 5.64. The number of nitrogens with one attached hydrogen (secondary N) is 1. The molecule has 4 aromatic rings. The minimum atomic E-state index is -0.827. The number of aromatic nitrogens is 1. The molecule has 172 valence electrons. The van der Waals surface area contributed by atoms with E-state index in [0.717, 1.165) is 27.8 Å². The quantitative estimate of drug-likeness (QED) is 0.336. The van der Waals surface area contributed by atoms with Gasteiger partial charge in [-0.3, -0.25) is 9.59 Å². The topological polar surface area (TPSA) is 71.3 Å². The molecule has 2 N–H and O–H groups in total. The van der Waals surface area contributed by atoms with Crippen molar-refractivity contribution in [1.29, 1.82) is 0 Å². The number of hydrogen-bond acceptors (Lipinski definition) is 3. The van der Waals surface area contributed by atoms with E-state index in [2.05, 4.69) is 5.32 Å².